The number of anilines is 4. The van der Waals surface area contributed by atoms with Crippen molar-refractivity contribution in [3.63, 3.8) is 0 Å². The van der Waals surface area contributed by atoms with Crippen molar-refractivity contribution in [2.45, 2.75) is 25.0 Å². The van der Waals surface area contributed by atoms with Gasteiger partial charge < -0.3 is 30.7 Å². The normalized spacial score (nSPS) is 22.6. The Labute approximate surface area is 217 Å². The van der Waals surface area contributed by atoms with E-state index in [1.165, 1.54) is 11.8 Å². The fourth-order valence-corrected chi connectivity index (χ4v) is 5.29. The molecular weight excluding hydrogens is 470 g/mol. The standard InChI is InChI=1S/C26H35N9O2/c1-4-23(36)34-10-9-22(21(27)17-34)35-16-18-15-28-25(30-24(18)32(3)26(35)37)29-19-5-7-20(8-6-19)33-13-11-31(2)12-14-33/h4-8,15,21-22H,1,9-14,16-17,27H2,2-3H3,(H,28,29,30)/t21-,22+/m1/s1. The first-order valence-electron chi connectivity index (χ1n) is 12.7. The van der Waals surface area contributed by atoms with Gasteiger partial charge in [-0.05, 0) is 43.8 Å². The van der Waals surface area contributed by atoms with Crippen LogP contribution in [0, 0.1) is 0 Å². The van der Waals surface area contributed by atoms with Gasteiger partial charge in [-0.3, -0.25) is 9.69 Å². The zero-order valence-electron chi connectivity index (χ0n) is 21.5. The Morgan fingerprint density at radius 3 is 2.54 bits per heavy atom. The van der Waals surface area contributed by atoms with Gasteiger partial charge in [0.15, 0.2) is 0 Å². The number of benzene rings is 1. The Balaban J connectivity index is 1.26. The molecule has 0 spiro atoms. The minimum absolute atomic E-state index is 0.135. The predicted octanol–water partition coefficient (Wildman–Crippen LogP) is 1.46. The molecule has 0 bridgehead atoms. The van der Waals surface area contributed by atoms with Crippen LogP contribution in [0.2, 0.25) is 0 Å². The van der Waals surface area contributed by atoms with Crippen LogP contribution >= 0.6 is 0 Å². The topological polar surface area (TPSA) is 114 Å². The summed E-state index contributed by atoms with van der Waals surface area (Å²) in [6.07, 6.45) is 3.68. The molecule has 0 aliphatic carbocycles. The quantitative estimate of drug-likeness (QED) is 0.587. The first-order valence-corrected chi connectivity index (χ1v) is 12.7. The summed E-state index contributed by atoms with van der Waals surface area (Å²) in [6.45, 7) is 9.02. The average molecular weight is 506 g/mol. The van der Waals surface area contributed by atoms with Gasteiger partial charge in [0.05, 0.1) is 12.6 Å². The molecule has 37 heavy (non-hydrogen) atoms. The zero-order chi connectivity index (χ0) is 26.1. The first-order chi connectivity index (χ1) is 17.8. The van der Waals surface area contributed by atoms with E-state index >= 15 is 0 Å². The highest BCUT2D eigenvalue weighted by atomic mass is 16.2. The number of likely N-dealkylation sites (tertiary alicyclic amines) is 1. The highest BCUT2D eigenvalue weighted by molar-refractivity contribution is 5.93. The number of piperidine rings is 1. The SMILES string of the molecule is C=CC(=O)N1CC[C@H](N2Cc3cnc(Nc4ccc(N5CCN(C)CC5)cc4)nc3N(C)C2=O)[C@H](N)C1. The van der Waals surface area contributed by atoms with Crippen LogP contribution in [0.1, 0.15) is 12.0 Å². The number of hydrogen-bond acceptors (Lipinski definition) is 8. The first kappa shape index (κ1) is 25.0. The summed E-state index contributed by atoms with van der Waals surface area (Å²) in [7, 11) is 3.87. The van der Waals surface area contributed by atoms with Crippen LogP contribution in [0.5, 0.6) is 0 Å². The van der Waals surface area contributed by atoms with Crippen LogP contribution < -0.4 is 20.9 Å². The third-order valence-corrected chi connectivity index (χ3v) is 7.53. The van der Waals surface area contributed by atoms with Gasteiger partial charge in [0.1, 0.15) is 5.82 Å². The zero-order valence-corrected chi connectivity index (χ0v) is 21.5. The van der Waals surface area contributed by atoms with Crippen LogP contribution in [0.25, 0.3) is 0 Å². The Morgan fingerprint density at radius 1 is 1.14 bits per heavy atom. The van der Waals surface area contributed by atoms with Gasteiger partial charge >= 0.3 is 6.03 Å². The molecule has 4 heterocycles. The lowest BCUT2D eigenvalue weighted by atomic mass is 9.97. The Bertz CT molecular complexity index is 1160. The van der Waals surface area contributed by atoms with Gasteiger partial charge in [-0.25, -0.2) is 9.78 Å². The number of nitrogens with two attached hydrogens (primary N) is 1. The van der Waals surface area contributed by atoms with E-state index in [0.717, 1.165) is 37.4 Å². The number of likely N-dealkylation sites (N-methyl/N-ethyl adjacent to an activating group) is 1. The number of urea groups is 1. The molecule has 11 heteroatoms. The Kier molecular flexibility index (Phi) is 6.98. The van der Waals surface area contributed by atoms with E-state index < -0.39 is 0 Å². The number of nitrogens with one attached hydrogen (secondary N) is 1. The second-order valence-electron chi connectivity index (χ2n) is 9.98. The van der Waals surface area contributed by atoms with E-state index in [9.17, 15) is 9.59 Å². The highest BCUT2D eigenvalue weighted by Crippen LogP contribution is 2.30. The van der Waals surface area contributed by atoms with Crippen molar-refractivity contribution in [1.29, 1.82) is 0 Å². The lowest BCUT2D eigenvalue weighted by Gasteiger charge is -2.45. The summed E-state index contributed by atoms with van der Waals surface area (Å²) in [5, 5.41) is 3.26. The van der Waals surface area contributed by atoms with Gasteiger partial charge in [-0.2, -0.15) is 4.98 Å². The molecule has 3 amide bonds. The summed E-state index contributed by atoms with van der Waals surface area (Å²) in [5.74, 6) is 0.886. The van der Waals surface area contributed by atoms with Gasteiger partial charge in [-0.1, -0.05) is 6.58 Å². The number of hydrogen-bond donors (Lipinski definition) is 2. The summed E-state index contributed by atoms with van der Waals surface area (Å²) >= 11 is 0. The van der Waals surface area contributed by atoms with E-state index in [1.54, 1.807) is 27.9 Å². The average Bonchev–Trinajstić information content (AvgIpc) is 2.91. The number of amides is 3. The van der Waals surface area contributed by atoms with Crippen molar-refractivity contribution in [2.24, 2.45) is 5.73 Å². The molecule has 0 saturated carbocycles. The van der Waals surface area contributed by atoms with E-state index in [4.69, 9.17) is 5.73 Å². The van der Waals surface area contributed by atoms with Crippen molar-refractivity contribution in [3.05, 3.63) is 48.7 Å². The maximum Gasteiger partial charge on any atom is 0.326 e. The van der Waals surface area contributed by atoms with Crippen molar-refractivity contribution in [3.8, 4) is 0 Å². The minimum Gasteiger partial charge on any atom is -0.369 e. The highest BCUT2D eigenvalue weighted by Gasteiger charge is 2.39. The van der Waals surface area contributed by atoms with Gasteiger partial charge in [0, 0.05) is 75.5 Å². The lowest BCUT2D eigenvalue weighted by molar-refractivity contribution is -0.127. The maximum absolute atomic E-state index is 13.3. The molecule has 2 fully saturated rings. The number of aromatic nitrogens is 2. The molecule has 3 aliphatic rings. The van der Waals surface area contributed by atoms with Gasteiger partial charge in [0.2, 0.25) is 11.9 Å². The third-order valence-electron chi connectivity index (χ3n) is 7.53. The monoisotopic (exact) mass is 505 g/mol. The second kappa shape index (κ2) is 10.3. The minimum atomic E-state index is -0.341. The number of piperazine rings is 1. The summed E-state index contributed by atoms with van der Waals surface area (Å²) in [4.78, 5) is 44.2. The molecular formula is C26H35N9O2. The fraction of sp³-hybridized carbons (Fsp3) is 0.462. The molecule has 0 radical (unpaired) electrons. The molecule has 2 aromatic rings. The summed E-state index contributed by atoms with van der Waals surface area (Å²) in [5.41, 5.74) is 9.35. The number of nitrogens with zero attached hydrogens (tertiary/aromatic N) is 7. The molecule has 2 saturated heterocycles. The fourth-order valence-electron chi connectivity index (χ4n) is 5.29. The molecule has 11 nitrogen and oxygen atoms in total. The molecule has 3 N–H and O–H groups in total. The number of rotatable bonds is 5. The van der Waals surface area contributed by atoms with Crippen LogP contribution in [0.4, 0.5) is 27.9 Å². The van der Waals surface area contributed by atoms with Gasteiger partial charge in [0.25, 0.3) is 0 Å². The second-order valence-corrected chi connectivity index (χ2v) is 9.98. The number of carbonyl (C=O) groups excluding carboxylic acids is 2. The smallest absolute Gasteiger partial charge is 0.326 e. The number of carbonyl (C=O) groups is 2. The lowest BCUT2D eigenvalue weighted by Crippen LogP contribution is -2.62. The van der Waals surface area contributed by atoms with Crippen LogP contribution in [0.15, 0.2) is 43.1 Å². The predicted molar refractivity (Wildman–Crippen MR) is 144 cm³/mol. The third kappa shape index (κ3) is 5.09. The maximum atomic E-state index is 13.3. The molecule has 1 aromatic carbocycles. The van der Waals surface area contributed by atoms with Crippen molar-refractivity contribution in [1.82, 2.24) is 24.7 Å². The Morgan fingerprint density at radius 2 is 1.86 bits per heavy atom. The summed E-state index contributed by atoms with van der Waals surface area (Å²) in [6, 6.07) is 7.60. The van der Waals surface area contributed by atoms with E-state index in [1.807, 2.05) is 12.1 Å². The van der Waals surface area contributed by atoms with Crippen LogP contribution in [-0.4, -0.2) is 102 Å². The van der Waals surface area contributed by atoms with E-state index in [2.05, 4.69) is 50.8 Å². The molecule has 5 rings (SSSR count). The van der Waals surface area contributed by atoms with Crippen LogP contribution in [-0.2, 0) is 11.3 Å². The van der Waals surface area contributed by atoms with Crippen molar-refractivity contribution < 1.29 is 9.59 Å². The summed E-state index contributed by atoms with van der Waals surface area (Å²) < 4.78 is 0. The van der Waals surface area contributed by atoms with Crippen molar-refractivity contribution in [2.75, 3.05) is 68.5 Å². The van der Waals surface area contributed by atoms with E-state index in [0.29, 0.717) is 37.8 Å². The van der Waals surface area contributed by atoms with Crippen LogP contribution in [0.3, 0.4) is 0 Å². The molecule has 1 aromatic heterocycles. The molecule has 0 unspecified atom stereocenters. The number of fused-ring (bicyclic) bond motifs is 1. The van der Waals surface area contributed by atoms with Crippen molar-refractivity contribution >= 4 is 35.1 Å². The molecule has 2 atom stereocenters. The Hall–Kier alpha value is -3.70. The molecule has 3 aliphatic heterocycles. The van der Waals surface area contributed by atoms with Gasteiger partial charge in [-0.15, -0.1) is 0 Å². The largest absolute Gasteiger partial charge is 0.369 e. The molecule has 196 valence electrons. The van der Waals surface area contributed by atoms with E-state index in [-0.39, 0.29) is 24.0 Å².